The van der Waals surface area contributed by atoms with Gasteiger partial charge in [0.15, 0.2) is 6.61 Å². The number of nitrogens with zero attached hydrogens (tertiary/aromatic N) is 2. The van der Waals surface area contributed by atoms with E-state index in [2.05, 4.69) is 9.88 Å². The summed E-state index contributed by atoms with van der Waals surface area (Å²) in [5.74, 6) is 0.218. The second-order valence-electron chi connectivity index (χ2n) is 8.00. The number of esters is 1. The molecule has 1 atom stereocenters. The SMILES string of the molecule is CCOC(=O)COc1cc(-c2ccccc2)ccc1N1CC[C@H](Oc2ccc(C(F)(F)F)cn2)C1. The van der Waals surface area contributed by atoms with Crippen LogP contribution in [0.4, 0.5) is 18.9 Å². The molecule has 1 fully saturated rings. The van der Waals surface area contributed by atoms with Crippen molar-refractivity contribution < 1.29 is 32.2 Å². The highest BCUT2D eigenvalue weighted by molar-refractivity contribution is 5.74. The molecule has 0 aliphatic carbocycles. The molecular weight excluding hydrogens is 461 g/mol. The Balaban J connectivity index is 1.49. The zero-order valence-corrected chi connectivity index (χ0v) is 19.1. The molecule has 0 amide bonds. The minimum Gasteiger partial charge on any atom is -0.480 e. The molecule has 2 heterocycles. The van der Waals surface area contributed by atoms with Crippen LogP contribution in [0.25, 0.3) is 11.1 Å². The molecule has 1 aliphatic rings. The van der Waals surface area contributed by atoms with Crippen LogP contribution in [0.3, 0.4) is 0 Å². The number of carbonyl (C=O) groups excluding carboxylic acids is 1. The average molecular weight is 486 g/mol. The van der Waals surface area contributed by atoms with Gasteiger partial charge in [-0.15, -0.1) is 0 Å². The Morgan fingerprint density at radius 1 is 1.09 bits per heavy atom. The number of carbonyl (C=O) groups is 1. The van der Waals surface area contributed by atoms with E-state index in [0.29, 0.717) is 25.3 Å². The summed E-state index contributed by atoms with van der Waals surface area (Å²) in [6.07, 6.45) is -3.28. The van der Waals surface area contributed by atoms with Crippen molar-refractivity contribution in [3.05, 3.63) is 72.4 Å². The number of benzene rings is 2. The lowest BCUT2D eigenvalue weighted by Gasteiger charge is -2.23. The van der Waals surface area contributed by atoms with Crippen LogP contribution in [0, 0.1) is 0 Å². The number of aromatic nitrogens is 1. The maximum Gasteiger partial charge on any atom is 0.417 e. The number of anilines is 1. The summed E-state index contributed by atoms with van der Waals surface area (Å²) >= 11 is 0. The number of rotatable bonds is 8. The van der Waals surface area contributed by atoms with E-state index >= 15 is 0 Å². The molecule has 6 nitrogen and oxygen atoms in total. The number of ether oxygens (including phenoxy) is 3. The van der Waals surface area contributed by atoms with E-state index < -0.39 is 17.7 Å². The van der Waals surface area contributed by atoms with Gasteiger partial charge in [-0.3, -0.25) is 0 Å². The van der Waals surface area contributed by atoms with Crippen molar-refractivity contribution in [2.75, 3.05) is 31.2 Å². The van der Waals surface area contributed by atoms with Crippen LogP contribution in [0.5, 0.6) is 11.6 Å². The van der Waals surface area contributed by atoms with E-state index in [-0.39, 0.29) is 25.2 Å². The zero-order chi connectivity index (χ0) is 24.8. The zero-order valence-electron chi connectivity index (χ0n) is 19.1. The molecule has 2 aromatic carbocycles. The predicted molar refractivity (Wildman–Crippen MR) is 124 cm³/mol. The number of alkyl halides is 3. The second kappa shape index (κ2) is 10.7. The minimum atomic E-state index is -4.44. The number of halogens is 3. The molecule has 4 rings (SSSR count). The first-order valence-corrected chi connectivity index (χ1v) is 11.3. The first-order valence-electron chi connectivity index (χ1n) is 11.3. The van der Waals surface area contributed by atoms with E-state index in [9.17, 15) is 18.0 Å². The van der Waals surface area contributed by atoms with Crippen LogP contribution < -0.4 is 14.4 Å². The van der Waals surface area contributed by atoms with Gasteiger partial charge < -0.3 is 19.1 Å². The summed E-state index contributed by atoms with van der Waals surface area (Å²) in [6, 6.07) is 17.8. The highest BCUT2D eigenvalue weighted by Gasteiger charge is 2.31. The fourth-order valence-corrected chi connectivity index (χ4v) is 3.87. The maximum absolute atomic E-state index is 12.8. The Kier molecular flexibility index (Phi) is 7.43. The van der Waals surface area contributed by atoms with Crippen molar-refractivity contribution in [1.29, 1.82) is 0 Å². The lowest BCUT2D eigenvalue weighted by molar-refractivity contribution is -0.145. The summed E-state index contributed by atoms with van der Waals surface area (Å²) in [5, 5.41) is 0. The summed E-state index contributed by atoms with van der Waals surface area (Å²) in [7, 11) is 0. The lowest BCUT2D eigenvalue weighted by Crippen LogP contribution is -2.25. The molecule has 9 heteroatoms. The van der Waals surface area contributed by atoms with E-state index in [4.69, 9.17) is 14.2 Å². The van der Waals surface area contributed by atoms with Crippen LogP contribution >= 0.6 is 0 Å². The van der Waals surface area contributed by atoms with Gasteiger partial charge in [0.2, 0.25) is 5.88 Å². The summed E-state index contributed by atoms with van der Waals surface area (Å²) < 4.78 is 54.9. The third-order valence-electron chi connectivity index (χ3n) is 5.55. The number of pyridine rings is 1. The number of hydrogen-bond acceptors (Lipinski definition) is 6. The highest BCUT2D eigenvalue weighted by atomic mass is 19.4. The van der Waals surface area contributed by atoms with Crippen molar-refractivity contribution in [1.82, 2.24) is 4.98 Å². The molecule has 1 aromatic heterocycles. The van der Waals surface area contributed by atoms with E-state index in [1.807, 2.05) is 48.5 Å². The Morgan fingerprint density at radius 3 is 2.57 bits per heavy atom. The molecule has 184 valence electrons. The van der Waals surface area contributed by atoms with Crippen LogP contribution in [0.15, 0.2) is 66.9 Å². The van der Waals surface area contributed by atoms with Gasteiger partial charge in [0.1, 0.15) is 11.9 Å². The molecule has 0 bridgehead atoms. The van der Waals surface area contributed by atoms with Crippen LogP contribution in [0.1, 0.15) is 18.9 Å². The lowest BCUT2D eigenvalue weighted by atomic mass is 10.0. The smallest absolute Gasteiger partial charge is 0.417 e. The normalized spacial score (nSPS) is 15.7. The van der Waals surface area contributed by atoms with Crippen molar-refractivity contribution in [2.24, 2.45) is 0 Å². The molecule has 0 spiro atoms. The highest BCUT2D eigenvalue weighted by Crippen LogP contribution is 2.36. The molecule has 3 aromatic rings. The van der Waals surface area contributed by atoms with Gasteiger partial charge in [-0.1, -0.05) is 36.4 Å². The van der Waals surface area contributed by atoms with Crippen LogP contribution in [-0.4, -0.2) is 43.4 Å². The van der Waals surface area contributed by atoms with Gasteiger partial charge in [0.25, 0.3) is 0 Å². The van der Waals surface area contributed by atoms with Crippen LogP contribution in [-0.2, 0) is 15.7 Å². The van der Waals surface area contributed by atoms with Gasteiger partial charge >= 0.3 is 12.1 Å². The first-order chi connectivity index (χ1) is 16.8. The molecule has 35 heavy (non-hydrogen) atoms. The van der Waals surface area contributed by atoms with Gasteiger partial charge in [-0.25, -0.2) is 9.78 Å². The van der Waals surface area contributed by atoms with Gasteiger partial charge in [-0.2, -0.15) is 13.2 Å². The Hall–Kier alpha value is -3.75. The Bertz CT molecular complexity index is 1140. The molecule has 1 aliphatic heterocycles. The predicted octanol–water partition coefficient (Wildman–Crippen LogP) is 5.37. The van der Waals surface area contributed by atoms with E-state index in [0.717, 1.165) is 29.1 Å². The average Bonchev–Trinajstić information content (AvgIpc) is 3.31. The van der Waals surface area contributed by atoms with Gasteiger partial charge in [-0.05, 0) is 36.2 Å². The standard InChI is InChI=1S/C26H25F3N2O4/c1-2-33-25(32)17-34-23-14-19(18-6-4-3-5-7-18)8-10-22(23)31-13-12-21(16-31)35-24-11-9-20(15-30-24)26(27,28)29/h3-11,14-15,21H,2,12-13,16-17H2,1H3/t21-/m0/s1. The minimum absolute atomic E-state index is 0.142. The summed E-state index contributed by atoms with van der Waals surface area (Å²) in [6.45, 7) is 2.91. The third kappa shape index (κ3) is 6.23. The van der Waals surface area contributed by atoms with Gasteiger partial charge in [0.05, 0.1) is 24.4 Å². The second-order valence-corrected chi connectivity index (χ2v) is 8.00. The van der Waals surface area contributed by atoms with Crippen molar-refractivity contribution >= 4 is 11.7 Å². The monoisotopic (exact) mass is 486 g/mol. The van der Waals surface area contributed by atoms with E-state index in [1.54, 1.807) is 6.92 Å². The third-order valence-corrected chi connectivity index (χ3v) is 5.55. The topological polar surface area (TPSA) is 60.9 Å². The molecule has 0 radical (unpaired) electrons. The van der Waals surface area contributed by atoms with Crippen LogP contribution in [0.2, 0.25) is 0 Å². The molecular formula is C26H25F3N2O4. The van der Waals surface area contributed by atoms with Crippen molar-refractivity contribution in [3.63, 3.8) is 0 Å². The van der Waals surface area contributed by atoms with E-state index in [1.165, 1.54) is 6.07 Å². The Morgan fingerprint density at radius 2 is 1.89 bits per heavy atom. The molecule has 1 saturated heterocycles. The fraction of sp³-hybridized carbons (Fsp3) is 0.308. The molecule has 0 N–H and O–H groups in total. The van der Waals surface area contributed by atoms with Crippen molar-refractivity contribution in [2.45, 2.75) is 25.6 Å². The Labute approximate surface area is 201 Å². The fourth-order valence-electron chi connectivity index (χ4n) is 3.87. The maximum atomic E-state index is 12.8. The largest absolute Gasteiger partial charge is 0.480 e. The summed E-state index contributed by atoms with van der Waals surface area (Å²) in [5.41, 5.74) is 1.92. The molecule has 0 unspecified atom stereocenters. The first kappa shape index (κ1) is 24.4. The quantitative estimate of drug-likeness (QED) is 0.399. The number of hydrogen-bond donors (Lipinski definition) is 0. The molecule has 0 saturated carbocycles. The van der Waals surface area contributed by atoms with Crippen molar-refractivity contribution in [3.8, 4) is 22.8 Å². The van der Waals surface area contributed by atoms with Gasteiger partial charge in [0, 0.05) is 25.2 Å². The summed E-state index contributed by atoms with van der Waals surface area (Å²) in [4.78, 5) is 17.7.